The molecule has 2 rings (SSSR count). The van der Waals surface area contributed by atoms with Crippen molar-refractivity contribution in [3.63, 3.8) is 0 Å². The van der Waals surface area contributed by atoms with Gasteiger partial charge in [-0.05, 0) is 29.3 Å². The molecule has 122 valence electrons. The van der Waals surface area contributed by atoms with Crippen molar-refractivity contribution in [1.29, 1.82) is 0 Å². The number of ether oxygens (including phenoxy) is 1. The number of rotatable bonds is 5. The minimum absolute atomic E-state index is 0.603. The molecule has 0 aliphatic rings. The third-order valence-electron chi connectivity index (χ3n) is 3.34. The topological polar surface area (TPSA) is 49.8 Å². The molecule has 1 N–H and O–H groups in total. The number of aliphatic imine (C=N–C) groups is 1. The van der Waals surface area contributed by atoms with Crippen molar-refractivity contribution in [2.75, 3.05) is 21.2 Å². The van der Waals surface area contributed by atoms with E-state index in [0.29, 0.717) is 12.4 Å². The Hall–Kier alpha value is -2.27. The number of pyridine rings is 1. The van der Waals surface area contributed by atoms with E-state index in [1.165, 1.54) is 0 Å². The second-order valence-electron chi connectivity index (χ2n) is 5.09. The van der Waals surface area contributed by atoms with E-state index in [1.54, 1.807) is 20.4 Å². The fraction of sp³-hybridized carbons (Fsp3) is 0.294. The number of hydrogen-bond acceptors (Lipinski definition) is 3. The lowest BCUT2D eigenvalue weighted by Crippen LogP contribution is -2.38. The molecule has 0 saturated carbocycles. The summed E-state index contributed by atoms with van der Waals surface area (Å²) in [5.41, 5.74) is 2.21. The van der Waals surface area contributed by atoms with E-state index in [0.717, 1.165) is 28.7 Å². The summed E-state index contributed by atoms with van der Waals surface area (Å²) in [7, 11) is 5.37. The van der Waals surface area contributed by atoms with Gasteiger partial charge in [-0.15, -0.1) is 0 Å². The molecule has 0 atom stereocenters. The fourth-order valence-corrected chi connectivity index (χ4v) is 2.43. The lowest BCUT2D eigenvalue weighted by Gasteiger charge is -2.22. The number of nitrogens with one attached hydrogen (secondary N) is 1. The zero-order valence-corrected chi connectivity index (χ0v) is 14.3. The molecule has 0 radical (unpaired) electrons. The van der Waals surface area contributed by atoms with Crippen molar-refractivity contribution >= 4 is 17.6 Å². The Bertz CT molecular complexity index is 675. The molecule has 6 heteroatoms. The first-order chi connectivity index (χ1) is 11.1. The van der Waals surface area contributed by atoms with Crippen LogP contribution in [0.4, 0.5) is 0 Å². The van der Waals surface area contributed by atoms with Crippen LogP contribution in [0, 0.1) is 0 Å². The molecule has 1 aromatic heterocycles. The smallest absolute Gasteiger partial charge is 0.213 e. The van der Waals surface area contributed by atoms with Gasteiger partial charge < -0.3 is 15.0 Å². The van der Waals surface area contributed by atoms with Crippen molar-refractivity contribution < 1.29 is 4.74 Å². The Morgan fingerprint density at radius 3 is 2.83 bits per heavy atom. The van der Waals surface area contributed by atoms with Crippen LogP contribution in [0.2, 0.25) is 5.02 Å². The van der Waals surface area contributed by atoms with Gasteiger partial charge in [0.15, 0.2) is 5.96 Å². The molecule has 0 aliphatic carbocycles. The van der Waals surface area contributed by atoms with Crippen molar-refractivity contribution in [3.8, 4) is 5.88 Å². The van der Waals surface area contributed by atoms with E-state index in [-0.39, 0.29) is 0 Å². The highest BCUT2D eigenvalue weighted by Crippen LogP contribution is 2.12. The maximum Gasteiger partial charge on any atom is 0.213 e. The Morgan fingerprint density at radius 2 is 2.13 bits per heavy atom. The average Bonchev–Trinajstić information content (AvgIpc) is 2.55. The molecular weight excluding hydrogens is 312 g/mol. The minimum Gasteiger partial charge on any atom is -0.481 e. The predicted octanol–water partition coefficient (Wildman–Crippen LogP) is 2.95. The third kappa shape index (κ3) is 5.14. The highest BCUT2D eigenvalue weighted by Gasteiger charge is 2.07. The zero-order chi connectivity index (χ0) is 16.7. The maximum absolute atomic E-state index is 6.03. The van der Waals surface area contributed by atoms with Crippen LogP contribution in [0.5, 0.6) is 5.88 Å². The van der Waals surface area contributed by atoms with Crippen LogP contribution in [-0.4, -0.2) is 37.0 Å². The van der Waals surface area contributed by atoms with Crippen LogP contribution in [0.25, 0.3) is 0 Å². The van der Waals surface area contributed by atoms with E-state index < -0.39 is 0 Å². The van der Waals surface area contributed by atoms with Gasteiger partial charge in [0.1, 0.15) is 0 Å². The Balaban J connectivity index is 1.96. The fourth-order valence-electron chi connectivity index (χ4n) is 2.22. The lowest BCUT2D eigenvalue weighted by molar-refractivity contribution is 0.397. The first-order valence-corrected chi connectivity index (χ1v) is 7.65. The molecule has 1 heterocycles. The third-order valence-corrected chi connectivity index (χ3v) is 3.58. The van der Waals surface area contributed by atoms with Crippen LogP contribution in [0.1, 0.15) is 11.1 Å². The monoisotopic (exact) mass is 332 g/mol. The molecule has 0 saturated heterocycles. The van der Waals surface area contributed by atoms with Crippen molar-refractivity contribution in [2.24, 2.45) is 4.99 Å². The largest absolute Gasteiger partial charge is 0.481 e. The molecule has 0 unspecified atom stereocenters. The minimum atomic E-state index is 0.603. The second kappa shape index (κ2) is 8.39. The van der Waals surface area contributed by atoms with Gasteiger partial charge in [-0.3, -0.25) is 4.99 Å². The van der Waals surface area contributed by atoms with Gasteiger partial charge in [0.25, 0.3) is 0 Å². The molecular formula is C17H21ClN4O. The molecule has 0 bridgehead atoms. The average molecular weight is 333 g/mol. The highest BCUT2D eigenvalue weighted by atomic mass is 35.5. The molecule has 2 aromatic rings. The Kier molecular flexibility index (Phi) is 6.23. The summed E-state index contributed by atoms with van der Waals surface area (Å²) < 4.78 is 5.13. The molecule has 1 aromatic carbocycles. The van der Waals surface area contributed by atoms with E-state index in [4.69, 9.17) is 16.3 Å². The predicted molar refractivity (Wildman–Crippen MR) is 93.9 cm³/mol. The van der Waals surface area contributed by atoms with Gasteiger partial charge in [0, 0.05) is 44.5 Å². The first kappa shape index (κ1) is 17.1. The van der Waals surface area contributed by atoms with Gasteiger partial charge in [0.05, 0.1) is 7.11 Å². The van der Waals surface area contributed by atoms with Crippen molar-refractivity contribution in [3.05, 3.63) is 58.7 Å². The van der Waals surface area contributed by atoms with E-state index >= 15 is 0 Å². The Labute approximate surface area is 142 Å². The van der Waals surface area contributed by atoms with Crippen LogP contribution >= 0.6 is 11.6 Å². The van der Waals surface area contributed by atoms with Gasteiger partial charge in [-0.25, -0.2) is 4.98 Å². The molecule has 0 spiro atoms. The normalized spacial score (nSPS) is 11.2. The molecule has 5 nitrogen and oxygen atoms in total. The summed E-state index contributed by atoms with van der Waals surface area (Å²) in [6, 6.07) is 11.7. The Morgan fingerprint density at radius 1 is 1.30 bits per heavy atom. The number of methoxy groups -OCH3 is 1. The molecule has 0 fully saturated rings. The van der Waals surface area contributed by atoms with Gasteiger partial charge >= 0.3 is 0 Å². The van der Waals surface area contributed by atoms with Crippen LogP contribution in [-0.2, 0) is 13.1 Å². The summed E-state index contributed by atoms with van der Waals surface area (Å²) in [6.07, 6.45) is 1.73. The molecule has 23 heavy (non-hydrogen) atoms. The standard InChI is InChI=1S/C17H21ClN4O/c1-19-17(21-11-13-7-8-20-16(10-13)23-3)22(2)12-14-5-4-6-15(18)9-14/h4-10H,11-12H2,1-3H3,(H,19,21). The van der Waals surface area contributed by atoms with E-state index in [1.807, 2.05) is 48.3 Å². The SMILES string of the molecule is CN=C(NCc1ccnc(OC)c1)N(C)Cc1cccc(Cl)c1. The second-order valence-corrected chi connectivity index (χ2v) is 5.53. The number of hydrogen-bond donors (Lipinski definition) is 1. The van der Waals surface area contributed by atoms with Crippen LogP contribution in [0.3, 0.4) is 0 Å². The van der Waals surface area contributed by atoms with Crippen molar-refractivity contribution in [1.82, 2.24) is 15.2 Å². The summed E-state index contributed by atoms with van der Waals surface area (Å²) >= 11 is 6.03. The quantitative estimate of drug-likeness (QED) is 0.675. The molecule has 0 aliphatic heterocycles. The summed E-state index contributed by atoms with van der Waals surface area (Å²) in [6.45, 7) is 1.37. The lowest BCUT2D eigenvalue weighted by atomic mass is 10.2. The first-order valence-electron chi connectivity index (χ1n) is 7.27. The van der Waals surface area contributed by atoms with Crippen LogP contribution < -0.4 is 10.1 Å². The summed E-state index contributed by atoms with van der Waals surface area (Å²) in [5.74, 6) is 1.41. The van der Waals surface area contributed by atoms with E-state index in [2.05, 4.69) is 15.3 Å². The maximum atomic E-state index is 6.03. The van der Waals surface area contributed by atoms with Gasteiger partial charge in [0.2, 0.25) is 5.88 Å². The highest BCUT2D eigenvalue weighted by molar-refractivity contribution is 6.30. The number of nitrogens with zero attached hydrogens (tertiary/aromatic N) is 3. The number of halogens is 1. The van der Waals surface area contributed by atoms with Gasteiger partial charge in [-0.2, -0.15) is 0 Å². The zero-order valence-electron chi connectivity index (χ0n) is 13.6. The van der Waals surface area contributed by atoms with Crippen molar-refractivity contribution in [2.45, 2.75) is 13.1 Å². The van der Waals surface area contributed by atoms with E-state index in [9.17, 15) is 0 Å². The van der Waals surface area contributed by atoms with Crippen LogP contribution in [0.15, 0.2) is 47.6 Å². The molecule has 0 amide bonds. The number of benzene rings is 1. The van der Waals surface area contributed by atoms with Gasteiger partial charge in [-0.1, -0.05) is 23.7 Å². The number of guanidine groups is 1. The summed E-state index contributed by atoms with van der Waals surface area (Å²) in [5, 5.41) is 4.07. The summed E-state index contributed by atoms with van der Waals surface area (Å²) in [4.78, 5) is 10.5. The number of aromatic nitrogens is 1.